The number of halogens is 2. The number of hydrogen-bond donors (Lipinski definition) is 1. The van der Waals surface area contributed by atoms with Crippen LogP contribution in [0.25, 0.3) is 0 Å². The molecule has 0 bridgehead atoms. The topological polar surface area (TPSA) is 35.8 Å². The van der Waals surface area contributed by atoms with Gasteiger partial charge >= 0.3 is 0 Å². The monoisotopic (exact) mass is 214 g/mol. The van der Waals surface area contributed by atoms with Crippen LogP contribution in [0.1, 0.15) is 5.56 Å². The smallest absolute Gasteiger partial charge is 0.176 e. The van der Waals surface area contributed by atoms with Gasteiger partial charge in [0.2, 0.25) is 0 Å². The predicted octanol–water partition coefficient (Wildman–Crippen LogP) is 2.61. The van der Waals surface area contributed by atoms with E-state index in [0.29, 0.717) is 16.6 Å². The van der Waals surface area contributed by atoms with Gasteiger partial charge in [0.1, 0.15) is 0 Å². The van der Waals surface area contributed by atoms with E-state index in [1.807, 2.05) is 18.3 Å². The number of nitriles is 1. The molecular weight excluding hydrogens is 207 g/mol. The SMILES string of the molecule is N#CNCCc1ccc(Cl)c(Cl)c1. The van der Waals surface area contributed by atoms with Crippen LogP contribution < -0.4 is 5.32 Å². The van der Waals surface area contributed by atoms with Gasteiger partial charge in [-0.15, -0.1) is 0 Å². The van der Waals surface area contributed by atoms with Gasteiger partial charge in [0.15, 0.2) is 6.19 Å². The van der Waals surface area contributed by atoms with E-state index in [4.69, 9.17) is 28.5 Å². The number of hydrogen-bond acceptors (Lipinski definition) is 2. The number of nitrogens with one attached hydrogen (secondary N) is 1. The van der Waals surface area contributed by atoms with Gasteiger partial charge in [-0.25, -0.2) is 0 Å². The maximum Gasteiger partial charge on any atom is 0.176 e. The standard InChI is InChI=1S/C9H8Cl2N2/c10-8-2-1-7(5-9(8)11)3-4-13-6-12/h1-2,5,13H,3-4H2. The Kier molecular flexibility index (Phi) is 3.88. The van der Waals surface area contributed by atoms with Crippen LogP contribution in [0.2, 0.25) is 10.0 Å². The molecule has 2 nitrogen and oxygen atoms in total. The van der Waals surface area contributed by atoms with Gasteiger partial charge in [0.25, 0.3) is 0 Å². The van der Waals surface area contributed by atoms with Crippen molar-refractivity contribution in [1.29, 1.82) is 5.26 Å². The van der Waals surface area contributed by atoms with Crippen LogP contribution >= 0.6 is 23.2 Å². The first-order valence-electron chi connectivity index (χ1n) is 3.80. The summed E-state index contributed by atoms with van der Waals surface area (Å²) in [6.07, 6.45) is 2.62. The number of benzene rings is 1. The van der Waals surface area contributed by atoms with E-state index >= 15 is 0 Å². The minimum atomic E-state index is 0.552. The molecule has 0 spiro atoms. The molecule has 0 heterocycles. The zero-order valence-electron chi connectivity index (χ0n) is 6.85. The molecule has 1 N–H and O–H groups in total. The van der Waals surface area contributed by atoms with Crippen molar-refractivity contribution in [1.82, 2.24) is 5.32 Å². The minimum Gasteiger partial charge on any atom is -0.324 e. The normalized spacial score (nSPS) is 9.31. The lowest BCUT2D eigenvalue weighted by Crippen LogP contribution is -2.09. The molecule has 1 aromatic rings. The third kappa shape index (κ3) is 3.14. The second-order valence-electron chi connectivity index (χ2n) is 2.54. The summed E-state index contributed by atoms with van der Waals surface area (Å²) in [6, 6.07) is 5.46. The first-order chi connectivity index (χ1) is 6.24. The second-order valence-corrected chi connectivity index (χ2v) is 3.35. The summed E-state index contributed by atoms with van der Waals surface area (Å²) in [6.45, 7) is 0.620. The molecule has 0 aliphatic carbocycles. The fourth-order valence-corrected chi connectivity index (χ4v) is 1.28. The Balaban J connectivity index is 2.59. The number of rotatable bonds is 3. The van der Waals surface area contributed by atoms with Gasteiger partial charge in [-0.05, 0) is 24.1 Å². The summed E-state index contributed by atoms with van der Waals surface area (Å²) in [7, 11) is 0. The lowest BCUT2D eigenvalue weighted by atomic mass is 10.1. The van der Waals surface area contributed by atoms with Gasteiger partial charge in [-0.2, -0.15) is 5.26 Å². The zero-order valence-corrected chi connectivity index (χ0v) is 8.36. The highest BCUT2D eigenvalue weighted by Gasteiger charge is 1.98. The molecule has 0 aliphatic rings. The van der Waals surface area contributed by atoms with Gasteiger partial charge < -0.3 is 5.32 Å². The molecule has 0 aromatic heterocycles. The highest BCUT2D eigenvalue weighted by Crippen LogP contribution is 2.22. The van der Waals surface area contributed by atoms with Crippen molar-refractivity contribution in [2.24, 2.45) is 0 Å². The highest BCUT2D eigenvalue weighted by molar-refractivity contribution is 6.42. The van der Waals surface area contributed by atoms with Crippen LogP contribution in [-0.4, -0.2) is 6.54 Å². The fourth-order valence-electron chi connectivity index (χ4n) is 0.958. The van der Waals surface area contributed by atoms with Crippen molar-refractivity contribution in [3.05, 3.63) is 33.8 Å². The van der Waals surface area contributed by atoms with E-state index < -0.39 is 0 Å². The molecule has 0 fully saturated rings. The summed E-state index contributed by atoms with van der Waals surface area (Å²) in [5.74, 6) is 0. The van der Waals surface area contributed by atoms with Crippen LogP contribution in [-0.2, 0) is 6.42 Å². The Hall–Kier alpha value is -0.910. The highest BCUT2D eigenvalue weighted by atomic mass is 35.5. The van der Waals surface area contributed by atoms with Gasteiger partial charge in [-0.3, -0.25) is 0 Å². The summed E-state index contributed by atoms with van der Waals surface area (Å²) in [5.41, 5.74) is 1.07. The van der Waals surface area contributed by atoms with Crippen molar-refractivity contribution >= 4 is 23.2 Å². The number of nitrogens with zero attached hydrogens (tertiary/aromatic N) is 1. The maximum absolute atomic E-state index is 8.23. The third-order valence-corrected chi connectivity index (χ3v) is 2.34. The Morgan fingerprint density at radius 3 is 2.69 bits per heavy atom. The molecule has 1 rings (SSSR count). The van der Waals surface area contributed by atoms with Crippen molar-refractivity contribution < 1.29 is 0 Å². The van der Waals surface area contributed by atoms with E-state index in [9.17, 15) is 0 Å². The summed E-state index contributed by atoms with van der Waals surface area (Å²) < 4.78 is 0. The van der Waals surface area contributed by atoms with Gasteiger partial charge in [0, 0.05) is 6.54 Å². The van der Waals surface area contributed by atoms with E-state index in [1.165, 1.54) is 0 Å². The molecule has 4 heteroatoms. The molecule has 0 unspecified atom stereocenters. The minimum absolute atomic E-state index is 0.552. The van der Waals surface area contributed by atoms with Crippen molar-refractivity contribution in [3.8, 4) is 6.19 Å². The predicted molar refractivity (Wildman–Crippen MR) is 53.8 cm³/mol. The fraction of sp³-hybridized carbons (Fsp3) is 0.222. The lowest BCUT2D eigenvalue weighted by molar-refractivity contribution is 0.844. The van der Waals surface area contributed by atoms with Crippen LogP contribution in [0.15, 0.2) is 18.2 Å². The molecule has 0 atom stereocenters. The molecule has 0 saturated carbocycles. The molecule has 0 radical (unpaired) electrons. The molecule has 13 heavy (non-hydrogen) atoms. The molecule has 0 saturated heterocycles. The van der Waals surface area contributed by atoms with Crippen LogP contribution in [0.5, 0.6) is 0 Å². The average molecular weight is 215 g/mol. The average Bonchev–Trinajstić information content (AvgIpc) is 2.12. The third-order valence-electron chi connectivity index (χ3n) is 1.60. The van der Waals surface area contributed by atoms with E-state index in [0.717, 1.165) is 12.0 Å². The van der Waals surface area contributed by atoms with Crippen molar-refractivity contribution in [3.63, 3.8) is 0 Å². The first kappa shape index (κ1) is 10.2. The largest absolute Gasteiger partial charge is 0.324 e. The Bertz CT molecular complexity index is 331. The second kappa shape index (κ2) is 4.96. The van der Waals surface area contributed by atoms with Gasteiger partial charge in [-0.1, -0.05) is 29.3 Å². The Labute approximate surface area is 87.1 Å². The van der Waals surface area contributed by atoms with Crippen molar-refractivity contribution in [2.45, 2.75) is 6.42 Å². The Morgan fingerprint density at radius 1 is 1.31 bits per heavy atom. The zero-order chi connectivity index (χ0) is 9.68. The van der Waals surface area contributed by atoms with Crippen LogP contribution in [0.4, 0.5) is 0 Å². The summed E-state index contributed by atoms with van der Waals surface area (Å²) >= 11 is 11.6. The van der Waals surface area contributed by atoms with Crippen LogP contribution in [0.3, 0.4) is 0 Å². The van der Waals surface area contributed by atoms with Crippen molar-refractivity contribution in [2.75, 3.05) is 6.54 Å². The molecular formula is C9H8Cl2N2. The maximum atomic E-state index is 8.23. The Morgan fingerprint density at radius 2 is 2.08 bits per heavy atom. The molecule has 0 amide bonds. The van der Waals surface area contributed by atoms with E-state index in [-0.39, 0.29) is 0 Å². The molecule has 1 aromatic carbocycles. The van der Waals surface area contributed by atoms with E-state index in [1.54, 1.807) is 6.07 Å². The summed E-state index contributed by atoms with van der Waals surface area (Å²) in [5, 5.41) is 11.9. The lowest BCUT2D eigenvalue weighted by Gasteiger charge is -2.01. The molecule has 0 aliphatic heterocycles. The van der Waals surface area contributed by atoms with E-state index in [2.05, 4.69) is 5.32 Å². The quantitative estimate of drug-likeness (QED) is 0.477. The first-order valence-corrected chi connectivity index (χ1v) is 4.55. The summed E-state index contributed by atoms with van der Waals surface area (Å²) in [4.78, 5) is 0. The van der Waals surface area contributed by atoms with Crippen LogP contribution in [0, 0.1) is 11.5 Å². The van der Waals surface area contributed by atoms with Gasteiger partial charge in [0.05, 0.1) is 10.0 Å². The molecule has 68 valence electrons.